The molecule has 0 fully saturated rings. The van der Waals surface area contributed by atoms with Crippen molar-refractivity contribution in [2.24, 2.45) is 0 Å². The number of nitrogens with one attached hydrogen (secondary N) is 1. The third kappa shape index (κ3) is 3.75. The van der Waals surface area contributed by atoms with Crippen LogP contribution in [0.4, 0.5) is 5.69 Å². The molecule has 1 aliphatic carbocycles. The van der Waals surface area contributed by atoms with Crippen molar-refractivity contribution >= 4 is 27.4 Å². The Labute approximate surface area is 163 Å². The fraction of sp³-hybridized carbons (Fsp3) is 0.320. The van der Waals surface area contributed by atoms with Gasteiger partial charge in [-0.3, -0.25) is 4.98 Å². The van der Waals surface area contributed by atoms with Gasteiger partial charge in [0.25, 0.3) is 0 Å². The van der Waals surface area contributed by atoms with E-state index < -0.39 is 0 Å². The molecule has 2 heteroatoms. The van der Waals surface area contributed by atoms with Gasteiger partial charge in [-0.15, -0.1) is 0 Å². The normalized spacial score (nSPS) is 15.9. The lowest BCUT2D eigenvalue weighted by atomic mass is 9.89. The fourth-order valence-electron chi connectivity index (χ4n) is 3.63. The van der Waals surface area contributed by atoms with Gasteiger partial charge in [0.2, 0.25) is 0 Å². The first-order valence-corrected chi connectivity index (χ1v) is 10.1. The molecule has 0 aliphatic heterocycles. The maximum Gasteiger partial charge on any atom is 0.0732 e. The van der Waals surface area contributed by atoms with Crippen molar-refractivity contribution in [2.45, 2.75) is 46.0 Å². The molecule has 3 aromatic rings. The lowest BCUT2D eigenvalue weighted by Gasteiger charge is -2.18. The third-order valence-electron chi connectivity index (χ3n) is 5.14. The first kappa shape index (κ1) is 19.2. The highest BCUT2D eigenvalue weighted by molar-refractivity contribution is 6.07. The molecule has 1 heterocycles. The lowest BCUT2D eigenvalue weighted by molar-refractivity contribution is 0.829. The van der Waals surface area contributed by atoms with Gasteiger partial charge in [-0.2, -0.15) is 0 Å². The van der Waals surface area contributed by atoms with Crippen molar-refractivity contribution in [3.63, 3.8) is 0 Å². The largest absolute Gasteiger partial charge is 0.388 e. The van der Waals surface area contributed by atoms with Crippen LogP contribution in [0.25, 0.3) is 21.7 Å². The van der Waals surface area contributed by atoms with Crippen LogP contribution in [-0.4, -0.2) is 12.0 Å². The molecule has 27 heavy (non-hydrogen) atoms. The zero-order chi connectivity index (χ0) is 19.4. The highest BCUT2D eigenvalue weighted by Gasteiger charge is 2.17. The Hall–Kier alpha value is -2.61. The summed E-state index contributed by atoms with van der Waals surface area (Å²) in [6.07, 6.45) is 9.79. The van der Waals surface area contributed by atoms with Gasteiger partial charge in [0.15, 0.2) is 0 Å². The van der Waals surface area contributed by atoms with Gasteiger partial charge in [0.05, 0.1) is 11.2 Å². The van der Waals surface area contributed by atoms with Crippen molar-refractivity contribution in [3.8, 4) is 0 Å². The number of aromatic nitrogens is 1. The van der Waals surface area contributed by atoms with Crippen LogP contribution >= 0.6 is 0 Å². The first-order chi connectivity index (χ1) is 13.2. The van der Waals surface area contributed by atoms with E-state index in [-0.39, 0.29) is 0 Å². The van der Waals surface area contributed by atoms with Crippen LogP contribution < -0.4 is 5.32 Å². The van der Waals surface area contributed by atoms with E-state index in [4.69, 9.17) is 4.98 Å². The quantitative estimate of drug-likeness (QED) is 0.502. The second kappa shape index (κ2) is 8.39. The molecule has 1 unspecified atom stereocenters. The maximum absolute atomic E-state index is 5.11. The minimum atomic E-state index is 0.345. The number of hydrogen-bond donors (Lipinski definition) is 1. The summed E-state index contributed by atoms with van der Waals surface area (Å²) in [6.45, 7) is 8.50. The van der Waals surface area contributed by atoms with Crippen molar-refractivity contribution in [1.82, 2.24) is 4.98 Å². The van der Waals surface area contributed by atoms with Crippen LogP contribution in [0, 0.1) is 0 Å². The highest BCUT2D eigenvalue weighted by atomic mass is 14.8. The molecule has 0 amide bonds. The Morgan fingerprint density at radius 2 is 1.74 bits per heavy atom. The van der Waals surface area contributed by atoms with Crippen molar-refractivity contribution < 1.29 is 0 Å². The van der Waals surface area contributed by atoms with Crippen LogP contribution in [0.5, 0.6) is 0 Å². The summed E-state index contributed by atoms with van der Waals surface area (Å²) >= 11 is 0. The smallest absolute Gasteiger partial charge is 0.0732 e. The van der Waals surface area contributed by atoms with Gasteiger partial charge in [0.1, 0.15) is 0 Å². The number of benzene rings is 2. The summed E-state index contributed by atoms with van der Waals surface area (Å²) in [4.78, 5) is 5.11. The van der Waals surface area contributed by atoms with Gasteiger partial charge in [-0.05, 0) is 41.5 Å². The first-order valence-electron chi connectivity index (χ1n) is 10.1. The third-order valence-corrected chi connectivity index (χ3v) is 5.14. The van der Waals surface area contributed by atoms with E-state index in [2.05, 4.69) is 79.9 Å². The van der Waals surface area contributed by atoms with Crippen LogP contribution in [0.2, 0.25) is 0 Å². The summed E-state index contributed by atoms with van der Waals surface area (Å²) in [5, 5.41) is 7.04. The Kier molecular flexibility index (Phi) is 5.95. The second-order valence-corrected chi connectivity index (χ2v) is 7.09. The van der Waals surface area contributed by atoms with Gasteiger partial charge in [0, 0.05) is 29.4 Å². The van der Waals surface area contributed by atoms with E-state index in [9.17, 15) is 0 Å². The Bertz CT molecular complexity index is 996. The van der Waals surface area contributed by atoms with E-state index in [1.807, 2.05) is 20.9 Å². The van der Waals surface area contributed by atoms with Crippen molar-refractivity contribution in [1.29, 1.82) is 0 Å². The van der Waals surface area contributed by atoms with Gasteiger partial charge in [-0.25, -0.2) is 0 Å². The molecule has 140 valence electrons. The van der Waals surface area contributed by atoms with Crippen LogP contribution in [0.3, 0.4) is 0 Å². The standard InChI is InChI=1S/C23H24N2.C2H6/c1-15(2)17-9-11-19-20-12-10-18(24-3)14-22(20)25-23(21(19)13-17)16-7-5-4-6-8-16;1-2/h4-7,9-16,24H,8H2,1-3H3;1-2H3. The van der Waals surface area contributed by atoms with Crippen LogP contribution in [0.1, 0.15) is 57.2 Å². The van der Waals surface area contributed by atoms with Crippen LogP contribution in [0.15, 0.2) is 60.7 Å². The van der Waals surface area contributed by atoms with Crippen molar-refractivity contribution in [3.05, 3.63) is 72.0 Å². The lowest BCUT2D eigenvalue weighted by Crippen LogP contribution is -2.03. The van der Waals surface area contributed by atoms with Gasteiger partial charge in [-0.1, -0.05) is 70.2 Å². The molecule has 0 radical (unpaired) electrons. The number of allylic oxidation sites excluding steroid dienone is 4. The molecule has 0 saturated carbocycles. The number of anilines is 1. The summed E-state index contributed by atoms with van der Waals surface area (Å²) < 4.78 is 0. The molecule has 2 nitrogen and oxygen atoms in total. The average molecular weight is 359 g/mol. The molecule has 1 aliphatic rings. The van der Waals surface area contributed by atoms with Crippen LogP contribution in [-0.2, 0) is 0 Å². The summed E-state index contributed by atoms with van der Waals surface area (Å²) in [5.74, 6) is 0.860. The van der Waals surface area contributed by atoms with E-state index in [0.29, 0.717) is 11.8 Å². The van der Waals surface area contributed by atoms with Crippen molar-refractivity contribution in [2.75, 3.05) is 12.4 Å². The highest BCUT2D eigenvalue weighted by Crippen LogP contribution is 2.35. The summed E-state index contributed by atoms with van der Waals surface area (Å²) in [7, 11) is 1.95. The molecule has 2 aromatic carbocycles. The van der Waals surface area contributed by atoms with E-state index in [1.54, 1.807) is 0 Å². The number of nitrogens with zero attached hydrogens (tertiary/aromatic N) is 1. The predicted octanol–water partition coefficient (Wildman–Crippen LogP) is 7.18. The molecule has 1 aromatic heterocycles. The molecule has 0 bridgehead atoms. The number of pyridine rings is 1. The van der Waals surface area contributed by atoms with Gasteiger partial charge >= 0.3 is 0 Å². The number of rotatable bonds is 3. The molecule has 0 spiro atoms. The Morgan fingerprint density at radius 1 is 0.963 bits per heavy atom. The maximum atomic E-state index is 5.11. The molecular formula is C25H30N2. The molecule has 4 rings (SSSR count). The average Bonchev–Trinajstić information content (AvgIpc) is 2.74. The minimum absolute atomic E-state index is 0.345. The summed E-state index contributed by atoms with van der Waals surface area (Å²) in [6, 6.07) is 13.4. The zero-order valence-electron chi connectivity index (χ0n) is 17.1. The SMILES string of the molecule is CC.CNc1ccc2c(c1)nc(C1C=CC=CC1)c1cc(C(C)C)ccc12. The molecule has 1 N–H and O–H groups in total. The molecular weight excluding hydrogens is 328 g/mol. The summed E-state index contributed by atoms with van der Waals surface area (Å²) in [5.41, 5.74) is 4.73. The Balaban J connectivity index is 0.00000102. The van der Waals surface area contributed by atoms with Gasteiger partial charge < -0.3 is 5.32 Å². The Morgan fingerprint density at radius 3 is 2.41 bits per heavy atom. The van der Waals surface area contributed by atoms with E-state index in [0.717, 1.165) is 17.6 Å². The zero-order valence-corrected chi connectivity index (χ0v) is 17.1. The topological polar surface area (TPSA) is 24.9 Å². The minimum Gasteiger partial charge on any atom is -0.388 e. The molecule has 1 atom stereocenters. The number of hydrogen-bond acceptors (Lipinski definition) is 2. The fourth-order valence-corrected chi connectivity index (χ4v) is 3.63. The van der Waals surface area contributed by atoms with E-state index >= 15 is 0 Å². The molecule has 0 saturated heterocycles. The predicted molar refractivity (Wildman–Crippen MR) is 120 cm³/mol. The monoisotopic (exact) mass is 358 g/mol. The number of fused-ring (bicyclic) bond motifs is 3. The second-order valence-electron chi connectivity index (χ2n) is 7.09. The van der Waals surface area contributed by atoms with E-state index in [1.165, 1.54) is 27.4 Å².